The van der Waals surface area contributed by atoms with Crippen LogP contribution in [0.2, 0.25) is 0 Å². The van der Waals surface area contributed by atoms with Crippen LogP contribution in [0.3, 0.4) is 0 Å². The summed E-state index contributed by atoms with van der Waals surface area (Å²) in [7, 11) is 0. The van der Waals surface area contributed by atoms with Crippen molar-refractivity contribution < 1.29 is 0 Å². The van der Waals surface area contributed by atoms with Crippen molar-refractivity contribution in [3.63, 3.8) is 0 Å². The van der Waals surface area contributed by atoms with Gasteiger partial charge in [0.15, 0.2) is 0 Å². The molecule has 0 amide bonds. The van der Waals surface area contributed by atoms with Gasteiger partial charge in [0.1, 0.15) is 0 Å². The van der Waals surface area contributed by atoms with Gasteiger partial charge >= 0.3 is 0 Å². The molecule has 0 saturated carbocycles. The summed E-state index contributed by atoms with van der Waals surface area (Å²) in [6.07, 6.45) is 69.0. The Morgan fingerprint density at radius 2 is 0.652 bits per heavy atom. The lowest BCUT2D eigenvalue weighted by Gasteiger charge is -2.05. The number of hydrogen-bond acceptors (Lipinski definition) is 2. The molecule has 2 nitrogen and oxygen atoms in total. The van der Waals surface area contributed by atoms with Crippen molar-refractivity contribution in [3.8, 4) is 0 Å². The van der Waals surface area contributed by atoms with Gasteiger partial charge in [0.2, 0.25) is 0 Å². The molecule has 0 aliphatic rings. The fourth-order valence-corrected chi connectivity index (χ4v) is 9.68. The van der Waals surface area contributed by atoms with E-state index >= 15 is 0 Å². The highest BCUT2D eigenvalue weighted by Gasteiger charge is 2.02. The van der Waals surface area contributed by atoms with E-state index in [-0.39, 0.29) is 0 Å². The quantitative estimate of drug-likeness (QED) is 0.0467. The second-order valence-electron chi connectivity index (χ2n) is 20.6. The molecule has 0 fully saturated rings. The SMILES string of the molecule is CCCCCCCCCCCCCCCCCCCCCC/C=C/C(C=Nc1cccc(CCCCCCCCCCCCC)c1)=Nc1cccc(CCCCCCCCCCCCC)c1. The molecule has 0 aliphatic carbocycles. The maximum absolute atomic E-state index is 5.18. The van der Waals surface area contributed by atoms with Gasteiger partial charge in [-0.25, -0.2) is 4.99 Å². The van der Waals surface area contributed by atoms with Gasteiger partial charge in [0.05, 0.1) is 23.3 Å². The topological polar surface area (TPSA) is 24.7 Å². The molecule has 0 heterocycles. The van der Waals surface area contributed by atoms with E-state index in [9.17, 15) is 0 Å². The fraction of sp³-hybridized carbons (Fsp3) is 0.750. The van der Waals surface area contributed by atoms with Gasteiger partial charge in [-0.05, 0) is 80.0 Å². The Bertz CT molecular complexity index is 1400. The van der Waals surface area contributed by atoms with Gasteiger partial charge in [0, 0.05) is 0 Å². The molecule has 0 saturated heterocycles. The number of aliphatic imine (C=N–C) groups is 2. The molecule has 0 atom stereocenters. The molecule has 2 heteroatoms. The van der Waals surface area contributed by atoms with E-state index in [1.165, 1.54) is 281 Å². The molecule has 0 aromatic heterocycles. The lowest BCUT2D eigenvalue weighted by atomic mass is 10.0. The Balaban J connectivity index is 1.76. The van der Waals surface area contributed by atoms with Crippen LogP contribution >= 0.6 is 0 Å². The largest absolute Gasteiger partial charge is 0.255 e. The molecule has 0 unspecified atom stereocenters. The summed E-state index contributed by atoms with van der Waals surface area (Å²) in [6, 6.07) is 17.9. The number of rotatable bonds is 49. The second-order valence-corrected chi connectivity index (χ2v) is 20.6. The van der Waals surface area contributed by atoms with E-state index in [0.29, 0.717) is 0 Å². The highest BCUT2D eigenvalue weighted by molar-refractivity contribution is 6.36. The first kappa shape index (κ1) is 59.6. The van der Waals surface area contributed by atoms with Crippen LogP contribution in [-0.4, -0.2) is 11.9 Å². The molecule has 2 aromatic carbocycles. The van der Waals surface area contributed by atoms with Gasteiger partial charge in [-0.1, -0.05) is 302 Å². The number of allylic oxidation sites excluding steroid dienone is 2. The molecule has 2 rings (SSSR count). The van der Waals surface area contributed by atoms with Crippen LogP contribution in [0.1, 0.15) is 308 Å². The summed E-state index contributed by atoms with van der Waals surface area (Å²) >= 11 is 0. The van der Waals surface area contributed by atoms with Crippen LogP contribution in [0.5, 0.6) is 0 Å². The zero-order chi connectivity index (χ0) is 46.9. The van der Waals surface area contributed by atoms with E-state index in [1.807, 2.05) is 6.21 Å². The Morgan fingerprint density at radius 1 is 0.348 bits per heavy atom. The van der Waals surface area contributed by atoms with Gasteiger partial charge in [-0.15, -0.1) is 0 Å². The third kappa shape index (κ3) is 38.5. The smallest absolute Gasteiger partial charge is 0.0816 e. The first-order valence-electron chi connectivity index (χ1n) is 29.7. The maximum atomic E-state index is 5.18. The molecule has 0 aliphatic heterocycles. The minimum absolute atomic E-state index is 0.950. The summed E-state index contributed by atoms with van der Waals surface area (Å²) in [5.74, 6) is 0. The van der Waals surface area contributed by atoms with Gasteiger partial charge in [0.25, 0.3) is 0 Å². The Kier molecular flexibility index (Phi) is 43.0. The standard InChI is InChI=1S/C64H110N2/c1-4-7-10-13-16-19-22-23-24-25-26-27-28-29-30-31-32-35-38-41-44-47-54-64(66-63-56-49-53-61(58-63)51-46-43-40-37-34-21-18-15-12-9-6-3)59-65-62-55-48-52-60(57-62)50-45-42-39-36-33-20-17-14-11-8-5-2/h47-49,52-59H,4-46,50-51H2,1-3H3/b54-47+,65-59?,66-64?. The molecule has 2 aromatic rings. The molecule has 0 N–H and O–H groups in total. The van der Waals surface area contributed by atoms with Gasteiger partial charge in [-0.3, -0.25) is 4.99 Å². The first-order valence-corrected chi connectivity index (χ1v) is 29.7. The van der Waals surface area contributed by atoms with Crippen molar-refractivity contribution in [3.05, 3.63) is 71.8 Å². The maximum Gasteiger partial charge on any atom is 0.0816 e. The van der Waals surface area contributed by atoms with Crippen LogP contribution in [0.25, 0.3) is 0 Å². The van der Waals surface area contributed by atoms with E-state index in [1.54, 1.807) is 0 Å². The van der Waals surface area contributed by atoms with Crippen molar-refractivity contribution >= 4 is 23.3 Å². The number of unbranched alkanes of at least 4 members (excludes halogenated alkanes) is 40. The van der Waals surface area contributed by atoms with Crippen molar-refractivity contribution in [1.82, 2.24) is 0 Å². The van der Waals surface area contributed by atoms with Crippen LogP contribution in [0, 0.1) is 0 Å². The van der Waals surface area contributed by atoms with E-state index < -0.39 is 0 Å². The lowest BCUT2D eigenvalue weighted by molar-refractivity contribution is 0.522. The van der Waals surface area contributed by atoms with Crippen LogP contribution in [0.15, 0.2) is 70.7 Å². The summed E-state index contributed by atoms with van der Waals surface area (Å²) in [5, 5.41) is 0. The summed E-state index contributed by atoms with van der Waals surface area (Å²) in [5.41, 5.74) is 5.85. The van der Waals surface area contributed by atoms with Gasteiger partial charge in [-0.2, -0.15) is 0 Å². The predicted molar refractivity (Wildman–Crippen MR) is 300 cm³/mol. The van der Waals surface area contributed by atoms with Crippen LogP contribution in [-0.2, 0) is 12.8 Å². The van der Waals surface area contributed by atoms with Crippen LogP contribution in [0.4, 0.5) is 11.4 Å². The van der Waals surface area contributed by atoms with E-state index in [4.69, 9.17) is 9.98 Å². The molecule has 66 heavy (non-hydrogen) atoms. The highest BCUT2D eigenvalue weighted by atomic mass is 14.8. The second kappa shape index (κ2) is 47.6. The number of hydrogen-bond donors (Lipinski definition) is 0. The van der Waals surface area contributed by atoms with Crippen molar-refractivity contribution in [2.45, 2.75) is 310 Å². The number of aryl methyl sites for hydroxylation is 2. The molecule has 0 spiro atoms. The fourth-order valence-electron chi connectivity index (χ4n) is 9.68. The normalized spacial score (nSPS) is 12.1. The predicted octanol–water partition coefficient (Wildman–Crippen LogP) is 22.6. The number of nitrogens with zero attached hydrogens (tertiary/aromatic N) is 2. The number of benzene rings is 2. The highest BCUT2D eigenvalue weighted by Crippen LogP contribution is 2.21. The third-order valence-corrected chi connectivity index (χ3v) is 14.1. The monoisotopic (exact) mass is 907 g/mol. The van der Waals surface area contributed by atoms with Crippen molar-refractivity contribution in [2.24, 2.45) is 9.98 Å². The summed E-state index contributed by atoms with van der Waals surface area (Å²) < 4.78 is 0. The molecule has 0 radical (unpaired) electrons. The molecular formula is C64H110N2. The molecular weight excluding hydrogens is 797 g/mol. The summed E-state index contributed by atoms with van der Waals surface area (Å²) in [6.45, 7) is 6.92. The summed E-state index contributed by atoms with van der Waals surface area (Å²) in [4.78, 5) is 10.2. The minimum Gasteiger partial charge on any atom is -0.255 e. The molecule has 376 valence electrons. The van der Waals surface area contributed by atoms with Crippen molar-refractivity contribution in [2.75, 3.05) is 0 Å². The Morgan fingerprint density at radius 3 is 1.02 bits per heavy atom. The Hall–Kier alpha value is -2.48. The van der Waals surface area contributed by atoms with Gasteiger partial charge < -0.3 is 0 Å². The van der Waals surface area contributed by atoms with E-state index in [2.05, 4.69) is 81.5 Å². The average Bonchev–Trinajstić information content (AvgIpc) is 3.33. The van der Waals surface area contributed by atoms with Crippen molar-refractivity contribution in [1.29, 1.82) is 0 Å². The minimum atomic E-state index is 0.950. The third-order valence-electron chi connectivity index (χ3n) is 14.1. The zero-order valence-corrected chi connectivity index (χ0v) is 44.6. The average molecular weight is 908 g/mol. The van der Waals surface area contributed by atoms with E-state index in [0.717, 1.165) is 36.3 Å². The lowest BCUT2D eigenvalue weighted by Crippen LogP contribution is -1.95. The zero-order valence-electron chi connectivity index (χ0n) is 44.6. The first-order chi connectivity index (χ1) is 32.7. The Labute approximate surface area is 413 Å². The van der Waals surface area contributed by atoms with Crippen LogP contribution < -0.4 is 0 Å². The molecule has 0 bridgehead atoms.